The topological polar surface area (TPSA) is 45.8 Å². The minimum absolute atomic E-state index is 0.0695. The minimum Gasteiger partial charge on any atom is -0.309 e. The number of hydrogen-bond donors (Lipinski definition) is 1. The molecule has 0 saturated heterocycles. The van der Waals surface area contributed by atoms with Crippen LogP contribution in [-0.2, 0) is 5.41 Å². The molecule has 0 aliphatic heterocycles. The monoisotopic (exact) mass is 398 g/mol. The molecule has 0 unspecified atom stereocenters. The van der Waals surface area contributed by atoms with Crippen LogP contribution in [0, 0.1) is 21.3 Å². The van der Waals surface area contributed by atoms with Crippen LogP contribution < -0.4 is 5.56 Å². The van der Waals surface area contributed by atoms with E-state index in [0.717, 1.165) is 32.8 Å². The number of hydrogen-bond acceptors (Lipinski definition) is 2. The second-order valence-corrected chi connectivity index (χ2v) is 9.05. The molecule has 0 radical (unpaired) electrons. The summed E-state index contributed by atoms with van der Waals surface area (Å²) in [4.78, 5) is 20.5. The summed E-state index contributed by atoms with van der Waals surface area (Å²) in [7, 11) is 0. The zero-order valence-electron chi connectivity index (χ0n) is 12.8. The van der Waals surface area contributed by atoms with E-state index in [1.807, 2.05) is 0 Å². The number of aromatic amines is 1. The van der Waals surface area contributed by atoms with E-state index < -0.39 is 0 Å². The lowest BCUT2D eigenvalue weighted by molar-refractivity contribution is -0.00965. The van der Waals surface area contributed by atoms with Crippen LogP contribution in [0.3, 0.4) is 0 Å². The predicted octanol–water partition coefficient (Wildman–Crippen LogP) is 3.97. The van der Waals surface area contributed by atoms with E-state index >= 15 is 0 Å². The standard InChI is InChI=1S/C17H23IN2O/c1-9(2)14-13(18)15(21)20-16(19-14)17-6-10-3-11(7-17)5-12(4-10)8-17/h9-12H,3-8H2,1-2H3,(H,19,20,21). The molecule has 4 aliphatic rings. The predicted molar refractivity (Wildman–Crippen MR) is 91.5 cm³/mol. The molecular weight excluding hydrogens is 375 g/mol. The largest absolute Gasteiger partial charge is 0.309 e. The van der Waals surface area contributed by atoms with Crippen molar-refractivity contribution in [1.29, 1.82) is 0 Å². The van der Waals surface area contributed by atoms with Gasteiger partial charge in [-0.3, -0.25) is 4.79 Å². The van der Waals surface area contributed by atoms with Crippen molar-refractivity contribution in [3.63, 3.8) is 0 Å². The van der Waals surface area contributed by atoms with E-state index in [1.165, 1.54) is 38.5 Å². The average Bonchev–Trinajstić information content (AvgIpc) is 2.39. The van der Waals surface area contributed by atoms with Gasteiger partial charge in [0.05, 0.1) is 9.26 Å². The summed E-state index contributed by atoms with van der Waals surface area (Å²) >= 11 is 2.15. The first-order chi connectivity index (χ1) is 9.97. The van der Waals surface area contributed by atoms with Gasteiger partial charge in [0.15, 0.2) is 0 Å². The Kier molecular flexibility index (Phi) is 3.25. The Morgan fingerprint density at radius 3 is 2.14 bits per heavy atom. The highest BCUT2D eigenvalue weighted by Gasteiger charge is 2.53. The van der Waals surface area contributed by atoms with Crippen molar-refractivity contribution in [3.05, 3.63) is 25.4 Å². The van der Waals surface area contributed by atoms with Gasteiger partial charge in [-0.05, 0) is 84.8 Å². The number of rotatable bonds is 2. The number of aromatic nitrogens is 2. The third-order valence-corrected chi connectivity index (χ3v) is 7.02. The van der Waals surface area contributed by atoms with Crippen molar-refractivity contribution in [2.24, 2.45) is 17.8 Å². The van der Waals surface area contributed by atoms with E-state index in [2.05, 4.69) is 41.4 Å². The quantitative estimate of drug-likeness (QED) is 0.767. The number of nitrogens with one attached hydrogen (secondary N) is 1. The van der Waals surface area contributed by atoms with Gasteiger partial charge < -0.3 is 4.98 Å². The van der Waals surface area contributed by atoms with Crippen LogP contribution >= 0.6 is 22.6 Å². The molecule has 0 aromatic carbocycles. The van der Waals surface area contributed by atoms with Crippen LogP contribution in [0.25, 0.3) is 0 Å². The Morgan fingerprint density at radius 2 is 1.67 bits per heavy atom. The fraction of sp³-hybridized carbons (Fsp3) is 0.765. The van der Waals surface area contributed by atoms with Crippen LogP contribution in [0.5, 0.6) is 0 Å². The van der Waals surface area contributed by atoms with E-state index in [4.69, 9.17) is 4.98 Å². The fourth-order valence-corrected chi connectivity index (χ4v) is 6.39. The maximum atomic E-state index is 12.4. The van der Waals surface area contributed by atoms with Crippen LogP contribution in [0.2, 0.25) is 0 Å². The van der Waals surface area contributed by atoms with E-state index in [-0.39, 0.29) is 11.0 Å². The SMILES string of the molecule is CC(C)c1nc(C23CC4CC(CC(C4)C2)C3)[nH]c(=O)c1I. The molecule has 4 fully saturated rings. The molecule has 0 spiro atoms. The maximum Gasteiger partial charge on any atom is 0.264 e. The lowest BCUT2D eigenvalue weighted by Crippen LogP contribution is -2.50. The van der Waals surface area contributed by atoms with Gasteiger partial charge in [0.25, 0.3) is 5.56 Å². The number of halogens is 1. The summed E-state index contributed by atoms with van der Waals surface area (Å²) in [5.41, 5.74) is 1.24. The Morgan fingerprint density at radius 1 is 1.14 bits per heavy atom. The highest BCUT2D eigenvalue weighted by Crippen LogP contribution is 2.60. The Bertz CT molecular complexity index is 599. The van der Waals surface area contributed by atoms with Crippen LogP contribution in [0.1, 0.15) is 69.8 Å². The summed E-state index contributed by atoms with van der Waals surface area (Å²) in [6.07, 6.45) is 8.01. The summed E-state index contributed by atoms with van der Waals surface area (Å²) in [5.74, 6) is 3.96. The lowest BCUT2D eigenvalue weighted by Gasteiger charge is -2.56. The Hall–Kier alpha value is -0.390. The van der Waals surface area contributed by atoms with Crippen molar-refractivity contribution in [2.75, 3.05) is 0 Å². The molecule has 5 rings (SSSR count). The van der Waals surface area contributed by atoms with Gasteiger partial charge in [-0.25, -0.2) is 4.98 Å². The normalized spacial score (nSPS) is 37.4. The second-order valence-electron chi connectivity index (χ2n) is 7.97. The van der Waals surface area contributed by atoms with Crippen LogP contribution in [-0.4, -0.2) is 9.97 Å². The van der Waals surface area contributed by atoms with Crippen LogP contribution in [0.15, 0.2) is 4.79 Å². The highest BCUT2D eigenvalue weighted by molar-refractivity contribution is 14.1. The zero-order chi connectivity index (χ0) is 14.8. The number of H-pyrrole nitrogens is 1. The minimum atomic E-state index is 0.0695. The summed E-state index contributed by atoms with van der Waals surface area (Å²) in [6.45, 7) is 4.26. The molecule has 114 valence electrons. The van der Waals surface area contributed by atoms with Gasteiger partial charge >= 0.3 is 0 Å². The number of nitrogens with zero attached hydrogens (tertiary/aromatic N) is 1. The summed E-state index contributed by atoms with van der Waals surface area (Å²) in [6, 6.07) is 0. The molecule has 0 atom stereocenters. The fourth-order valence-electron chi connectivity index (χ4n) is 5.51. The van der Waals surface area contributed by atoms with Crippen molar-refractivity contribution >= 4 is 22.6 Å². The molecular formula is C17H23IN2O. The van der Waals surface area contributed by atoms with Crippen molar-refractivity contribution in [2.45, 2.75) is 63.7 Å². The van der Waals surface area contributed by atoms with Gasteiger partial charge in [-0.2, -0.15) is 0 Å². The van der Waals surface area contributed by atoms with E-state index in [0.29, 0.717) is 5.92 Å². The smallest absolute Gasteiger partial charge is 0.264 e. The molecule has 3 nitrogen and oxygen atoms in total. The van der Waals surface area contributed by atoms with Gasteiger partial charge in [0.1, 0.15) is 5.82 Å². The van der Waals surface area contributed by atoms with Gasteiger partial charge in [-0.15, -0.1) is 0 Å². The van der Waals surface area contributed by atoms with Crippen LogP contribution in [0.4, 0.5) is 0 Å². The summed E-state index contributed by atoms with van der Waals surface area (Å²) < 4.78 is 0.774. The van der Waals surface area contributed by atoms with Gasteiger partial charge in [0.2, 0.25) is 0 Å². The molecule has 0 amide bonds. The van der Waals surface area contributed by atoms with Crippen molar-refractivity contribution in [3.8, 4) is 0 Å². The average molecular weight is 398 g/mol. The molecule has 21 heavy (non-hydrogen) atoms. The first-order valence-corrected chi connectivity index (χ1v) is 9.35. The van der Waals surface area contributed by atoms with Crippen molar-refractivity contribution < 1.29 is 0 Å². The molecule has 4 saturated carbocycles. The molecule has 1 aromatic rings. The zero-order valence-corrected chi connectivity index (χ0v) is 14.9. The van der Waals surface area contributed by atoms with E-state index in [1.54, 1.807) is 0 Å². The van der Waals surface area contributed by atoms with Gasteiger partial charge in [-0.1, -0.05) is 13.8 Å². The molecule has 1 N–H and O–H groups in total. The first-order valence-electron chi connectivity index (χ1n) is 8.27. The molecule has 4 bridgehead atoms. The van der Waals surface area contributed by atoms with Crippen molar-refractivity contribution in [1.82, 2.24) is 9.97 Å². The maximum absolute atomic E-state index is 12.4. The molecule has 4 heteroatoms. The first kappa shape index (κ1) is 14.2. The Labute approximate surface area is 139 Å². The second kappa shape index (κ2) is 4.80. The third kappa shape index (κ3) is 2.20. The highest BCUT2D eigenvalue weighted by atomic mass is 127. The molecule has 1 aromatic heterocycles. The van der Waals surface area contributed by atoms with Gasteiger partial charge in [0, 0.05) is 5.41 Å². The lowest BCUT2D eigenvalue weighted by atomic mass is 9.49. The molecule has 1 heterocycles. The summed E-state index contributed by atoms with van der Waals surface area (Å²) in [5, 5.41) is 0. The Balaban J connectivity index is 1.81. The molecule has 4 aliphatic carbocycles. The van der Waals surface area contributed by atoms with E-state index in [9.17, 15) is 4.79 Å². The third-order valence-electron chi connectivity index (χ3n) is 5.98.